The number of rotatable bonds is 5. The Morgan fingerprint density at radius 1 is 1.17 bits per heavy atom. The highest BCUT2D eigenvalue weighted by Crippen LogP contribution is 2.26. The van der Waals surface area contributed by atoms with Gasteiger partial charge in [-0.1, -0.05) is 32.1 Å². The van der Waals surface area contributed by atoms with Gasteiger partial charge in [-0.15, -0.1) is 0 Å². The Labute approximate surface area is 76.9 Å². The normalized spacial score (nSPS) is 19.8. The summed E-state index contributed by atoms with van der Waals surface area (Å²) >= 11 is 0. The fourth-order valence-corrected chi connectivity index (χ4v) is 2.23. The first kappa shape index (κ1) is 10.0. The van der Waals surface area contributed by atoms with E-state index in [-0.39, 0.29) is 0 Å². The number of nitrogens with two attached hydrogens (primary N) is 1. The van der Waals surface area contributed by atoms with E-state index in [4.69, 9.17) is 0 Å². The van der Waals surface area contributed by atoms with Crippen molar-refractivity contribution in [3.05, 3.63) is 0 Å². The molecule has 0 aromatic heterocycles. The van der Waals surface area contributed by atoms with Crippen molar-refractivity contribution in [3.8, 4) is 0 Å². The van der Waals surface area contributed by atoms with Crippen LogP contribution in [0, 0.1) is 5.92 Å². The Balaban J connectivity index is 1.91. The van der Waals surface area contributed by atoms with Crippen molar-refractivity contribution < 1.29 is 5.32 Å². The molecule has 1 saturated carbocycles. The van der Waals surface area contributed by atoms with E-state index in [1.807, 2.05) is 0 Å². The van der Waals surface area contributed by atoms with Gasteiger partial charge in [0.2, 0.25) is 0 Å². The molecule has 1 heteroatoms. The van der Waals surface area contributed by atoms with Crippen LogP contribution >= 0.6 is 0 Å². The van der Waals surface area contributed by atoms with Crippen LogP contribution < -0.4 is 5.32 Å². The SMILES string of the molecule is CC[NH2+]CCCC1CCCCC1. The van der Waals surface area contributed by atoms with Crippen molar-refractivity contribution in [3.63, 3.8) is 0 Å². The molecule has 0 aliphatic heterocycles. The van der Waals surface area contributed by atoms with Crippen molar-refractivity contribution in [1.82, 2.24) is 0 Å². The number of quaternary nitrogens is 1. The van der Waals surface area contributed by atoms with Gasteiger partial charge < -0.3 is 5.32 Å². The van der Waals surface area contributed by atoms with E-state index in [1.165, 1.54) is 58.0 Å². The lowest BCUT2D eigenvalue weighted by Crippen LogP contribution is -2.83. The van der Waals surface area contributed by atoms with Gasteiger partial charge in [0.25, 0.3) is 0 Å². The molecule has 0 aromatic rings. The highest BCUT2D eigenvalue weighted by molar-refractivity contribution is 4.65. The Bertz CT molecular complexity index is 95.2. The molecule has 2 N–H and O–H groups in total. The van der Waals surface area contributed by atoms with Crippen LogP contribution in [0.25, 0.3) is 0 Å². The van der Waals surface area contributed by atoms with Gasteiger partial charge in [-0.25, -0.2) is 0 Å². The van der Waals surface area contributed by atoms with Gasteiger partial charge in [-0.3, -0.25) is 0 Å². The largest absolute Gasteiger partial charge is 0.346 e. The van der Waals surface area contributed by atoms with E-state index in [2.05, 4.69) is 12.2 Å². The summed E-state index contributed by atoms with van der Waals surface area (Å²) in [7, 11) is 0. The third kappa shape index (κ3) is 4.10. The molecule has 0 aromatic carbocycles. The highest BCUT2D eigenvalue weighted by atomic mass is 14.8. The Hall–Kier alpha value is -0.0400. The molecule has 0 heterocycles. The Kier molecular flexibility index (Phi) is 5.42. The average Bonchev–Trinajstić information content (AvgIpc) is 2.14. The molecular weight excluding hydrogens is 146 g/mol. The lowest BCUT2D eigenvalue weighted by Gasteiger charge is -2.20. The predicted octanol–water partition coefficient (Wildman–Crippen LogP) is 1.93. The van der Waals surface area contributed by atoms with Gasteiger partial charge in [-0.05, 0) is 25.7 Å². The van der Waals surface area contributed by atoms with Crippen LogP contribution in [0.2, 0.25) is 0 Å². The summed E-state index contributed by atoms with van der Waals surface area (Å²) in [5, 5.41) is 2.42. The second-order valence-electron chi connectivity index (χ2n) is 4.13. The van der Waals surface area contributed by atoms with Crippen LogP contribution in [-0.4, -0.2) is 13.1 Å². The van der Waals surface area contributed by atoms with E-state index in [9.17, 15) is 0 Å². The second kappa shape index (κ2) is 6.47. The molecule has 1 rings (SSSR count). The van der Waals surface area contributed by atoms with E-state index >= 15 is 0 Å². The minimum Gasteiger partial charge on any atom is -0.346 e. The zero-order chi connectivity index (χ0) is 8.65. The molecule has 0 atom stereocenters. The molecule has 0 saturated heterocycles. The summed E-state index contributed by atoms with van der Waals surface area (Å²) in [6.45, 7) is 4.85. The van der Waals surface area contributed by atoms with E-state index in [0.29, 0.717) is 0 Å². The number of hydrogen-bond donors (Lipinski definition) is 1. The van der Waals surface area contributed by atoms with Crippen molar-refractivity contribution in [2.45, 2.75) is 51.9 Å². The van der Waals surface area contributed by atoms with Crippen molar-refractivity contribution >= 4 is 0 Å². The topological polar surface area (TPSA) is 16.6 Å². The lowest BCUT2D eigenvalue weighted by atomic mass is 9.86. The van der Waals surface area contributed by atoms with Gasteiger partial charge in [0.1, 0.15) is 0 Å². The maximum atomic E-state index is 2.42. The van der Waals surface area contributed by atoms with Crippen LogP contribution in [0.3, 0.4) is 0 Å². The van der Waals surface area contributed by atoms with Crippen LogP contribution in [-0.2, 0) is 0 Å². The molecule has 1 fully saturated rings. The Morgan fingerprint density at radius 2 is 1.92 bits per heavy atom. The highest BCUT2D eigenvalue weighted by Gasteiger charge is 2.12. The molecule has 0 spiro atoms. The summed E-state index contributed by atoms with van der Waals surface area (Å²) in [5.41, 5.74) is 0. The van der Waals surface area contributed by atoms with Crippen LogP contribution in [0.5, 0.6) is 0 Å². The van der Waals surface area contributed by atoms with Crippen molar-refractivity contribution in [2.24, 2.45) is 5.92 Å². The van der Waals surface area contributed by atoms with Crippen molar-refractivity contribution in [2.75, 3.05) is 13.1 Å². The molecule has 1 aliphatic carbocycles. The first-order valence-corrected chi connectivity index (χ1v) is 5.75. The second-order valence-corrected chi connectivity index (χ2v) is 4.13. The fourth-order valence-electron chi connectivity index (χ4n) is 2.23. The first-order valence-electron chi connectivity index (χ1n) is 5.75. The smallest absolute Gasteiger partial charge is 0.0755 e. The number of hydrogen-bond acceptors (Lipinski definition) is 0. The minimum atomic E-state index is 1.09. The van der Waals surface area contributed by atoms with Gasteiger partial charge in [0, 0.05) is 0 Å². The summed E-state index contributed by atoms with van der Waals surface area (Å²) in [6, 6.07) is 0. The van der Waals surface area contributed by atoms with Gasteiger partial charge >= 0.3 is 0 Å². The van der Waals surface area contributed by atoms with Crippen LogP contribution in [0.15, 0.2) is 0 Å². The van der Waals surface area contributed by atoms with E-state index < -0.39 is 0 Å². The van der Waals surface area contributed by atoms with Crippen LogP contribution in [0.1, 0.15) is 51.9 Å². The summed E-state index contributed by atoms with van der Waals surface area (Å²) in [4.78, 5) is 0. The minimum absolute atomic E-state index is 1.09. The summed E-state index contributed by atoms with van der Waals surface area (Å²) in [5.74, 6) is 1.09. The zero-order valence-electron chi connectivity index (χ0n) is 8.52. The standard InChI is InChI=1S/C11H23N/c1-2-12-10-6-9-11-7-4-3-5-8-11/h11-12H,2-10H2,1H3/p+1. The monoisotopic (exact) mass is 170 g/mol. The Morgan fingerprint density at radius 3 is 2.58 bits per heavy atom. The molecule has 12 heavy (non-hydrogen) atoms. The maximum absolute atomic E-state index is 2.42. The lowest BCUT2D eigenvalue weighted by molar-refractivity contribution is -0.652. The zero-order valence-corrected chi connectivity index (χ0v) is 8.52. The summed E-state index contributed by atoms with van der Waals surface area (Å²) in [6.07, 6.45) is 10.5. The third-order valence-electron chi connectivity index (χ3n) is 3.03. The molecule has 0 amide bonds. The quantitative estimate of drug-likeness (QED) is 0.607. The molecule has 0 radical (unpaired) electrons. The predicted molar refractivity (Wildman–Crippen MR) is 53.1 cm³/mol. The van der Waals surface area contributed by atoms with Crippen molar-refractivity contribution in [1.29, 1.82) is 0 Å². The molecule has 1 aliphatic rings. The van der Waals surface area contributed by atoms with Gasteiger partial charge in [0.05, 0.1) is 13.1 Å². The fraction of sp³-hybridized carbons (Fsp3) is 1.00. The average molecular weight is 170 g/mol. The molecule has 0 unspecified atom stereocenters. The summed E-state index contributed by atoms with van der Waals surface area (Å²) < 4.78 is 0. The van der Waals surface area contributed by atoms with E-state index in [0.717, 1.165) is 5.92 Å². The first-order chi connectivity index (χ1) is 5.93. The van der Waals surface area contributed by atoms with Crippen LogP contribution in [0.4, 0.5) is 0 Å². The molecule has 1 nitrogen and oxygen atoms in total. The molecule has 0 bridgehead atoms. The van der Waals surface area contributed by atoms with Gasteiger partial charge in [0.15, 0.2) is 0 Å². The molecular formula is C11H24N+. The van der Waals surface area contributed by atoms with E-state index in [1.54, 1.807) is 0 Å². The maximum Gasteiger partial charge on any atom is 0.0755 e. The van der Waals surface area contributed by atoms with Gasteiger partial charge in [-0.2, -0.15) is 0 Å². The molecule has 72 valence electrons. The third-order valence-corrected chi connectivity index (χ3v) is 3.03.